The van der Waals surface area contributed by atoms with Crippen molar-refractivity contribution in [1.82, 2.24) is 10.3 Å². The molecule has 6 heteroatoms. The summed E-state index contributed by atoms with van der Waals surface area (Å²) in [5.74, 6) is 0.282. The SMILES string of the molecule is CCCCNC(=O)c1ccnc(C(=O)Nc2ccc(N3CCC(C)CC3)cc2)c1. The van der Waals surface area contributed by atoms with E-state index in [4.69, 9.17) is 0 Å². The van der Waals surface area contributed by atoms with Gasteiger partial charge in [-0.15, -0.1) is 0 Å². The van der Waals surface area contributed by atoms with Gasteiger partial charge in [-0.2, -0.15) is 0 Å². The van der Waals surface area contributed by atoms with Crippen molar-refractivity contribution in [2.24, 2.45) is 5.92 Å². The van der Waals surface area contributed by atoms with Gasteiger partial charge in [-0.05, 0) is 61.6 Å². The number of hydrogen-bond donors (Lipinski definition) is 2. The van der Waals surface area contributed by atoms with E-state index in [2.05, 4.69) is 34.4 Å². The lowest BCUT2D eigenvalue weighted by atomic mass is 9.99. The Hall–Kier alpha value is -2.89. The molecule has 1 aromatic heterocycles. The minimum Gasteiger partial charge on any atom is -0.372 e. The van der Waals surface area contributed by atoms with Crippen LogP contribution < -0.4 is 15.5 Å². The Morgan fingerprint density at radius 2 is 1.83 bits per heavy atom. The van der Waals surface area contributed by atoms with Crippen molar-refractivity contribution < 1.29 is 9.59 Å². The van der Waals surface area contributed by atoms with Crippen LogP contribution in [0.25, 0.3) is 0 Å². The second kappa shape index (κ2) is 10.0. The highest BCUT2D eigenvalue weighted by Gasteiger charge is 2.16. The number of carbonyl (C=O) groups is 2. The average molecular weight is 395 g/mol. The normalized spacial score (nSPS) is 14.5. The van der Waals surface area contributed by atoms with E-state index in [1.165, 1.54) is 30.8 Å². The van der Waals surface area contributed by atoms with Gasteiger partial charge in [0.1, 0.15) is 5.69 Å². The number of carbonyl (C=O) groups excluding carboxylic acids is 2. The third kappa shape index (κ3) is 5.79. The van der Waals surface area contributed by atoms with E-state index < -0.39 is 0 Å². The Bertz CT molecular complexity index is 827. The van der Waals surface area contributed by atoms with Gasteiger partial charge in [0.05, 0.1) is 0 Å². The molecule has 0 atom stereocenters. The lowest BCUT2D eigenvalue weighted by molar-refractivity contribution is 0.0953. The zero-order chi connectivity index (χ0) is 20.6. The number of unbranched alkanes of at least 4 members (excludes halogenated alkanes) is 1. The summed E-state index contributed by atoms with van der Waals surface area (Å²) in [4.78, 5) is 31.2. The van der Waals surface area contributed by atoms with Crippen LogP contribution in [0.15, 0.2) is 42.6 Å². The molecule has 0 aliphatic carbocycles. The molecule has 29 heavy (non-hydrogen) atoms. The van der Waals surface area contributed by atoms with Crippen LogP contribution in [-0.2, 0) is 0 Å². The first-order valence-electron chi connectivity index (χ1n) is 10.5. The van der Waals surface area contributed by atoms with Gasteiger partial charge in [0.15, 0.2) is 0 Å². The fourth-order valence-electron chi connectivity index (χ4n) is 3.39. The van der Waals surface area contributed by atoms with E-state index in [9.17, 15) is 9.59 Å². The van der Waals surface area contributed by atoms with Gasteiger partial charge in [0, 0.05) is 42.8 Å². The number of nitrogens with zero attached hydrogens (tertiary/aromatic N) is 2. The highest BCUT2D eigenvalue weighted by atomic mass is 16.2. The van der Waals surface area contributed by atoms with E-state index >= 15 is 0 Å². The molecule has 154 valence electrons. The molecule has 2 aromatic rings. The van der Waals surface area contributed by atoms with E-state index in [1.54, 1.807) is 6.07 Å². The smallest absolute Gasteiger partial charge is 0.274 e. The lowest BCUT2D eigenvalue weighted by Crippen LogP contribution is -2.32. The van der Waals surface area contributed by atoms with Crippen LogP contribution in [0.5, 0.6) is 0 Å². The van der Waals surface area contributed by atoms with Crippen LogP contribution in [-0.4, -0.2) is 36.4 Å². The first-order chi connectivity index (χ1) is 14.1. The molecule has 1 fully saturated rings. The van der Waals surface area contributed by atoms with E-state index in [-0.39, 0.29) is 17.5 Å². The Kier molecular flexibility index (Phi) is 7.22. The third-order valence-electron chi connectivity index (χ3n) is 5.34. The number of aromatic nitrogens is 1. The summed E-state index contributed by atoms with van der Waals surface area (Å²) in [5.41, 5.74) is 2.56. The van der Waals surface area contributed by atoms with Gasteiger partial charge in [0.25, 0.3) is 11.8 Å². The van der Waals surface area contributed by atoms with Crippen molar-refractivity contribution in [3.8, 4) is 0 Å². The van der Waals surface area contributed by atoms with Crippen molar-refractivity contribution in [2.45, 2.75) is 39.5 Å². The van der Waals surface area contributed by atoms with E-state index in [0.717, 1.165) is 31.8 Å². The van der Waals surface area contributed by atoms with Crippen LogP contribution in [0.4, 0.5) is 11.4 Å². The van der Waals surface area contributed by atoms with Crippen molar-refractivity contribution in [3.63, 3.8) is 0 Å². The molecule has 0 spiro atoms. The van der Waals surface area contributed by atoms with Gasteiger partial charge in [-0.1, -0.05) is 20.3 Å². The standard InChI is InChI=1S/C23H30N4O2/c1-3-4-12-25-22(28)18-9-13-24-21(16-18)23(29)26-19-5-7-20(8-6-19)27-14-10-17(2)11-15-27/h5-9,13,16-17H,3-4,10-12,14-15H2,1-2H3,(H,25,28)(H,26,29). The number of benzene rings is 1. The van der Waals surface area contributed by atoms with E-state index in [1.807, 2.05) is 24.3 Å². The summed E-state index contributed by atoms with van der Waals surface area (Å²) < 4.78 is 0. The minimum absolute atomic E-state index is 0.185. The average Bonchev–Trinajstić information content (AvgIpc) is 2.75. The zero-order valence-corrected chi connectivity index (χ0v) is 17.3. The fraction of sp³-hybridized carbons (Fsp3) is 0.435. The summed E-state index contributed by atoms with van der Waals surface area (Å²) in [5, 5.41) is 5.71. The second-order valence-electron chi connectivity index (χ2n) is 7.71. The van der Waals surface area contributed by atoms with Gasteiger partial charge in [-0.3, -0.25) is 14.6 Å². The summed E-state index contributed by atoms with van der Waals surface area (Å²) in [6, 6.07) is 11.0. The number of nitrogens with one attached hydrogen (secondary N) is 2. The first-order valence-corrected chi connectivity index (χ1v) is 10.5. The quantitative estimate of drug-likeness (QED) is 0.694. The maximum atomic E-state index is 12.6. The molecule has 0 bridgehead atoms. The molecule has 2 N–H and O–H groups in total. The predicted octanol–water partition coefficient (Wildman–Crippen LogP) is 4.10. The van der Waals surface area contributed by atoms with Crippen LogP contribution in [0.1, 0.15) is 60.4 Å². The van der Waals surface area contributed by atoms with Gasteiger partial charge in [-0.25, -0.2) is 0 Å². The molecule has 2 heterocycles. The predicted molar refractivity (Wildman–Crippen MR) is 116 cm³/mol. The Labute approximate surface area is 172 Å². The monoisotopic (exact) mass is 394 g/mol. The number of rotatable bonds is 7. The van der Waals surface area contributed by atoms with Crippen LogP contribution in [0, 0.1) is 5.92 Å². The largest absolute Gasteiger partial charge is 0.372 e. The topological polar surface area (TPSA) is 74.3 Å². The number of anilines is 2. The second-order valence-corrected chi connectivity index (χ2v) is 7.71. The maximum absolute atomic E-state index is 12.6. The third-order valence-corrected chi connectivity index (χ3v) is 5.34. The van der Waals surface area contributed by atoms with Gasteiger partial charge >= 0.3 is 0 Å². The first kappa shape index (κ1) is 20.8. The highest BCUT2D eigenvalue weighted by Crippen LogP contribution is 2.24. The molecule has 1 aliphatic heterocycles. The molecule has 0 radical (unpaired) electrons. The molecular weight excluding hydrogens is 364 g/mol. The van der Waals surface area contributed by atoms with Crippen molar-refractivity contribution >= 4 is 23.2 Å². The van der Waals surface area contributed by atoms with Crippen molar-refractivity contribution in [1.29, 1.82) is 0 Å². The highest BCUT2D eigenvalue weighted by molar-refractivity contribution is 6.04. The molecule has 0 saturated carbocycles. The number of amides is 2. The summed E-state index contributed by atoms with van der Waals surface area (Å²) in [6.45, 7) is 7.14. The Morgan fingerprint density at radius 1 is 1.10 bits per heavy atom. The molecule has 1 aromatic carbocycles. The molecular formula is C23H30N4O2. The van der Waals surface area contributed by atoms with Crippen LogP contribution in [0.3, 0.4) is 0 Å². The molecule has 3 rings (SSSR count). The summed E-state index contributed by atoms with van der Waals surface area (Å²) in [7, 11) is 0. The van der Waals surface area contributed by atoms with Crippen molar-refractivity contribution in [3.05, 3.63) is 53.9 Å². The minimum atomic E-state index is -0.326. The van der Waals surface area contributed by atoms with Crippen LogP contribution >= 0.6 is 0 Å². The van der Waals surface area contributed by atoms with E-state index in [0.29, 0.717) is 17.8 Å². The number of hydrogen-bond acceptors (Lipinski definition) is 4. The fourth-order valence-corrected chi connectivity index (χ4v) is 3.39. The number of piperidine rings is 1. The molecule has 1 saturated heterocycles. The molecule has 0 unspecified atom stereocenters. The summed E-state index contributed by atoms with van der Waals surface area (Å²) in [6.07, 6.45) is 5.86. The molecule has 1 aliphatic rings. The van der Waals surface area contributed by atoms with Crippen LogP contribution in [0.2, 0.25) is 0 Å². The van der Waals surface area contributed by atoms with Crippen molar-refractivity contribution in [2.75, 3.05) is 29.9 Å². The lowest BCUT2D eigenvalue weighted by Gasteiger charge is -2.32. The molecule has 2 amide bonds. The Balaban J connectivity index is 1.60. The van der Waals surface area contributed by atoms with Gasteiger partial charge in [0.2, 0.25) is 0 Å². The number of pyridine rings is 1. The summed E-state index contributed by atoms with van der Waals surface area (Å²) >= 11 is 0. The molecule has 6 nitrogen and oxygen atoms in total. The maximum Gasteiger partial charge on any atom is 0.274 e. The zero-order valence-electron chi connectivity index (χ0n) is 17.3. The van der Waals surface area contributed by atoms with Gasteiger partial charge < -0.3 is 15.5 Å². The Morgan fingerprint density at radius 3 is 2.52 bits per heavy atom.